The molecule has 7 heteroatoms. The van der Waals surface area contributed by atoms with Crippen LogP contribution in [0, 0.1) is 0 Å². The average Bonchev–Trinajstić information content (AvgIpc) is 3.00. The van der Waals surface area contributed by atoms with E-state index < -0.39 is 0 Å². The van der Waals surface area contributed by atoms with Crippen molar-refractivity contribution in [3.05, 3.63) is 0 Å². The Kier molecular flexibility index (Phi) is 22.9. The number of amides is 2. The highest BCUT2D eigenvalue weighted by Crippen LogP contribution is 2.37. The van der Waals surface area contributed by atoms with Crippen LogP contribution in [0.25, 0.3) is 0 Å². The van der Waals surface area contributed by atoms with Crippen LogP contribution in [0.2, 0.25) is 0 Å². The fraction of sp³-hybridized carbons (Fsp3) is 0.953. The zero-order valence-corrected chi connectivity index (χ0v) is 36.4. The SMILES string of the molecule is CC.CCC(C)(CC)N(CCCCCN(C(=O)CCCCCNC=O)C1CC(C)(C)NC(C)(C)C1)C1CC(C)(C)NC(C)(C)C1.CCCCC. The van der Waals surface area contributed by atoms with Gasteiger partial charge in [0.1, 0.15) is 0 Å². The summed E-state index contributed by atoms with van der Waals surface area (Å²) in [5.41, 5.74) is 0.495. The molecular formula is C43H89N5O2. The van der Waals surface area contributed by atoms with Gasteiger partial charge in [-0.1, -0.05) is 73.6 Å². The number of nitrogens with one attached hydrogen (secondary N) is 3. The first-order valence-corrected chi connectivity index (χ1v) is 21.1. The minimum Gasteiger partial charge on any atom is -0.359 e. The monoisotopic (exact) mass is 708 g/mol. The molecule has 0 aromatic rings. The predicted octanol–water partition coefficient (Wildman–Crippen LogP) is 10.0. The van der Waals surface area contributed by atoms with E-state index >= 15 is 0 Å². The molecule has 0 spiro atoms. The maximum atomic E-state index is 13.7. The van der Waals surface area contributed by atoms with Gasteiger partial charge in [0.15, 0.2) is 0 Å². The predicted molar refractivity (Wildman–Crippen MR) is 219 cm³/mol. The van der Waals surface area contributed by atoms with Crippen molar-refractivity contribution in [2.45, 2.75) is 246 Å². The van der Waals surface area contributed by atoms with E-state index in [0.717, 1.165) is 64.4 Å². The molecule has 3 N–H and O–H groups in total. The Labute approximate surface area is 313 Å². The summed E-state index contributed by atoms with van der Waals surface area (Å²) < 4.78 is 0. The number of piperidine rings is 2. The molecule has 0 unspecified atom stereocenters. The number of carbonyl (C=O) groups is 2. The van der Waals surface area contributed by atoms with Crippen molar-refractivity contribution in [3.63, 3.8) is 0 Å². The number of rotatable bonds is 20. The van der Waals surface area contributed by atoms with Crippen LogP contribution in [0.15, 0.2) is 0 Å². The van der Waals surface area contributed by atoms with E-state index in [9.17, 15) is 9.59 Å². The molecule has 0 saturated carbocycles. The van der Waals surface area contributed by atoms with E-state index in [1.165, 1.54) is 51.4 Å². The van der Waals surface area contributed by atoms with E-state index in [1.54, 1.807) is 0 Å². The molecule has 50 heavy (non-hydrogen) atoms. The van der Waals surface area contributed by atoms with Crippen LogP contribution in [0.1, 0.15) is 207 Å². The van der Waals surface area contributed by atoms with Crippen LogP contribution in [0.4, 0.5) is 0 Å². The molecule has 7 nitrogen and oxygen atoms in total. The molecule has 298 valence electrons. The Morgan fingerprint density at radius 3 is 1.54 bits per heavy atom. The topological polar surface area (TPSA) is 76.7 Å². The van der Waals surface area contributed by atoms with Gasteiger partial charge in [-0.25, -0.2) is 0 Å². The standard InChI is InChI=1S/C36H71N5O2.C5H12.C2H6/c1-12-36(11,13-2)41(30-26-34(7,8)39-35(9,10)27-30)23-19-15-18-22-40(31(43)20-16-14-17-21-37-28-42)29-24-32(3,4)38-33(5,6)25-29;1-3-5-4-2;1-2/h28-30,38-39H,12-27H2,1-11H3,(H,37,42);3-5H2,1-2H3;1-2H3. The van der Waals surface area contributed by atoms with Gasteiger partial charge in [-0.2, -0.15) is 0 Å². The van der Waals surface area contributed by atoms with Crippen LogP contribution < -0.4 is 16.0 Å². The van der Waals surface area contributed by atoms with Gasteiger partial charge in [-0.15, -0.1) is 0 Å². The minimum absolute atomic E-state index is 0.00706. The van der Waals surface area contributed by atoms with E-state index in [1.807, 2.05) is 13.8 Å². The molecule has 2 rings (SSSR count). The largest absolute Gasteiger partial charge is 0.359 e. The van der Waals surface area contributed by atoms with Crippen LogP contribution >= 0.6 is 0 Å². The summed E-state index contributed by atoms with van der Waals surface area (Å²) in [7, 11) is 0. The highest BCUT2D eigenvalue weighted by Gasteiger charge is 2.44. The van der Waals surface area contributed by atoms with Crippen molar-refractivity contribution in [2.75, 3.05) is 19.6 Å². The molecule has 0 radical (unpaired) electrons. The molecule has 0 aromatic heterocycles. The molecule has 2 heterocycles. The Balaban J connectivity index is 0.00000313. The summed E-state index contributed by atoms with van der Waals surface area (Å²) in [6.45, 7) is 36.9. The zero-order valence-electron chi connectivity index (χ0n) is 36.4. The number of nitrogens with zero attached hydrogens (tertiary/aromatic N) is 2. The smallest absolute Gasteiger partial charge is 0.222 e. The molecule has 0 aromatic carbocycles. The van der Waals surface area contributed by atoms with Crippen molar-refractivity contribution in [1.82, 2.24) is 25.8 Å². The molecule has 0 atom stereocenters. The van der Waals surface area contributed by atoms with Gasteiger partial charge in [0, 0.05) is 59.3 Å². The number of hydrogen-bond donors (Lipinski definition) is 3. The minimum atomic E-state index is 0.00706. The van der Waals surface area contributed by atoms with Crippen LogP contribution in [-0.4, -0.2) is 81.5 Å². The molecule has 2 saturated heterocycles. The summed E-state index contributed by atoms with van der Waals surface area (Å²) in [5.74, 6) is 0.312. The van der Waals surface area contributed by atoms with Gasteiger partial charge < -0.3 is 20.9 Å². The van der Waals surface area contributed by atoms with Crippen molar-refractivity contribution < 1.29 is 9.59 Å². The lowest BCUT2D eigenvalue weighted by Crippen LogP contribution is -2.65. The van der Waals surface area contributed by atoms with Crippen molar-refractivity contribution >= 4 is 12.3 Å². The summed E-state index contributed by atoms with van der Waals surface area (Å²) in [6.07, 6.45) is 18.3. The van der Waals surface area contributed by atoms with Crippen molar-refractivity contribution in [1.29, 1.82) is 0 Å². The molecule has 0 aliphatic carbocycles. The lowest BCUT2D eigenvalue weighted by Gasteiger charge is -2.54. The lowest BCUT2D eigenvalue weighted by molar-refractivity contribution is -0.135. The van der Waals surface area contributed by atoms with Gasteiger partial charge in [-0.05, 0) is 133 Å². The molecule has 2 aliphatic rings. The van der Waals surface area contributed by atoms with Gasteiger partial charge >= 0.3 is 0 Å². The molecule has 2 amide bonds. The number of carbonyl (C=O) groups excluding carboxylic acids is 2. The van der Waals surface area contributed by atoms with E-state index in [0.29, 0.717) is 24.9 Å². The second-order valence-corrected chi connectivity index (χ2v) is 18.2. The molecule has 2 fully saturated rings. The Bertz CT molecular complexity index is 877. The van der Waals surface area contributed by atoms with E-state index in [4.69, 9.17) is 0 Å². The van der Waals surface area contributed by atoms with Crippen LogP contribution in [0.5, 0.6) is 0 Å². The third-order valence-electron chi connectivity index (χ3n) is 11.1. The maximum Gasteiger partial charge on any atom is 0.222 e. The third-order valence-corrected chi connectivity index (χ3v) is 11.1. The number of hydrogen-bond acceptors (Lipinski definition) is 5. The highest BCUT2D eigenvalue weighted by atomic mass is 16.2. The Morgan fingerprint density at radius 2 is 1.12 bits per heavy atom. The van der Waals surface area contributed by atoms with Crippen LogP contribution in [0.3, 0.4) is 0 Å². The summed E-state index contributed by atoms with van der Waals surface area (Å²) in [5, 5.41) is 10.4. The fourth-order valence-corrected chi connectivity index (χ4v) is 9.02. The van der Waals surface area contributed by atoms with Gasteiger partial charge in [0.05, 0.1) is 0 Å². The van der Waals surface area contributed by atoms with E-state index in [2.05, 4.69) is 116 Å². The Hall–Kier alpha value is -1.18. The van der Waals surface area contributed by atoms with Gasteiger partial charge in [0.2, 0.25) is 12.3 Å². The molecule has 0 bridgehead atoms. The second kappa shape index (κ2) is 23.5. The first-order chi connectivity index (χ1) is 23.3. The van der Waals surface area contributed by atoms with Crippen molar-refractivity contribution in [3.8, 4) is 0 Å². The average molecular weight is 708 g/mol. The summed E-state index contributed by atoms with van der Waals surface area (Å²) in [6, 6.07) is 0.852. The third kappa shape index (κ3) is 18.5. The first kappa shape index (κ1) is 48.8. The maximum absolute atomic E-state index is 13.7. The number of unbranched alkanes of at least 4 members (excludes halogenated alkanes) is 6. The quantitative estimate of drug-likeness (QED) is 0.0868. The van der Waals surface area contributed by atoms with Crippen molar-refractivity contribution in [2.24, 2.45) is 0 Å². The van der Waals surface area contributed by atoms with Gasteiger partial charge in [-0.3, -0.25) is 14.5 Å². The van der Waals surface area contributed by atoms with Gasteiger partial charge in [0.25, 0.3) is 0 Å². The second-order valence-electron chi connectivity index (χ2n) is 18.2. The fourth-order valence-electron chi connectivity index (χ4n) is 9.02. The van der Waals surface area contributed by atoms with E-state index in [-0.39, 0.29) is 33.7 Å². The first-order valence-electron chi connectivity index (χ1n) is 21.1. The normalized spacial score (nSPS) is 19.8. The van der Waals surface area contributed by atoms with Crippen LogP contribution in [-0.2, 0) is 9.59 Å². The summed E-state index contributed by atoms with van der Waals surface area (Å²) in [4.78, 5) is 29.3. The summed E-state index contributed by atoms with van der Waals surface area (Å²) >= 11 is 0. The lowest BCUT2D eigenvalue weighted by atomic mass is 9.77. The Morgan fingerprint density at radius 1 is 0.680 bits per heavy atom. The zero-order chi connectivity index (χ0) is 38.7. The molecule has 2 aliphatic heterocycles. The molecular weight excluding hydrogens is 619 g/mol. The highest BCUT2D eigenvalue weighted by molar-refractivity contribution is 5.76.